The monoisotopic (exact) mass is 362 g/mol. The Kier molecular flexibility index (Phi) is 6.55. The fraction of sp³-hybridized carbons (Fsp3) is 0.278. The number of ether oxygens (including phenoxy) is 1. The summed E-state index contributed by atoms with van der Waals surface area (Å²) in [4.78, 5) is 12.3. The zero-order valence-electron chi connectivity index (χ0n) is 14.3. The van der Waals surface area contributed by atoms with Crippen LogP contribution in [-0.4, -0.2) is 41.1 Å². The SMILES string of the molecule is COCCNC(=O)CN(c1ccccc1)S(=O)(=O)c1cccc(C)c1. The highest BCUT2D eigenvalue weighted by atomic mass is 32.2. The van der Waals surface area contributed by atoms with Crippen LogP contribution in [0.1, 0.15) is 5.56 Å². The lowest BCUT2D eigenvalue weighted by Crippen LogP contribution is -2.41. The van der Waals surface area contributed by atoms with Crippen molar-refractivity contribution in [3.63, 3.8) is 0 Å². The Morgan fingerprint density at radius 3 is 2.48 bits per heavy atom. The van der Waals surface area contributed by atoms with Crippen LogP contribution in [0.3, 0.4) is 0 Å². The number of nitrogens with zero attached hydrogens (tertiary/aromatic N) is 1. The van der Waals surface area contributed by atoms with E-state index in [1.165, 1.54) is 13.2 Å². The van der Waals surface area contributed by atoms with E-state index < -0.39 is 15.9 Å². The Bertz CT molecular complexity index is 807. The number of amides is 1. The summed E-state index contributed by atoms with van der Waals surface area (Å²) in [6, 6.07) is 15.2. The number of rotatable bonds is 8. The minimum atomic E-state index is -3.86. The summed E-state index contributed by atoms with van der Waals surface area (Å²) in [6.07, 6.45) is 0. The first-order valence-corrected chi connectivity index (χ1v) is 9.29. The molecule has 0 unspecified atom stereocenters. The lowest BCUT2D eigenvalue weighted by molar-refractivity contribution is -0.119. The number of sulfonamides is 1. The summed E-state index contributed by atoms with van der Waals surface area (Å²) < 4.78 is 32.1. The van der Waals surface area contributed by atoms with Gasteiger partial charge < -0.3 is 10.1 Å². The molecule has 0 aliphatic rings. The molecule has 0 aliphatic carbocycles. The summed E-state index contributed by atoms with van der Waals surface area (Å²) in [5.41, 5.74) is 1.27. The van der Waals surface area contributed by atoms with Crippen molar-refractivity contribution >= 4 is 21.6 Å². The van der Waals surface area contributed by atoms with Crippen molar-refractivity contribution in [2.24, 2.45) is 0 Å². The van der Waals surface area contributed by atoms with Crippen molar-refractivity contribution in [2.75, 3.05) is 31.1 Å². The van der Waals surface area contributed by atoms with E-state index in [0.29, 0.717) is 18.8 Å². The van der Waals surface area contributed by atoms with Gasteiger partial charge >= 0.3 is 0 Å². The molecule has 0 aliphatic heterocycles. The Labute approximate surface area is 148 Å². The molecule has 2 aromatic rings. The van der Waals surface area contributed by atoms with Crippen LogP contribution in [0, 0.1) is 6.92 Å². The van der Waals surface area contributed by atoms with E-state index in [1.807, 2.05) is 13.0 Å². The molecular weight excluding hydrogens is 340 g/mol. The molecule has 0 spiro atoms. The second kappa shape index (κ2) is 8.64. The highest BCUT2D eigenvalue weighted by molar-refractivity contribution is 7.92. The molecule has 0 bridgehead atoms. The van der Waals surface area contributed by atoms with Crippen LogP contribution >= 0.6 is 0 Å². The van der Waals surface area contributed by atoms with Gasteiger partial charge in [-0.05, 0) is 36.8 Å². The van der Waals surface area contributed by atoms with Crippen molar-refractivity contribution in [3.8, 4) is 0 Å². The van der Waals surface area contributed by atoms with Crippen LogP contribution in [0.2, 0.25) is 0 Å². The van der Waals surface area contributed by atoms with Crippen molar-refractivity contribution in [1.82, 2.24) is 5.32 Å². The fourth-order valence-corrected chi connectivity index (χ4v) is 3.82. The van der Waals surface area contributed by atoms with Crippen LogP contribution in [0.4, 0.5) is 5.69 Å². The average molecular weight is 362 g/mol. The van der Waals surface area contributed by atoms with E-state index in [0.717, 1.165) is 9.87 Å². The number of methoxy groups -OCH3 is 1. The smallest absolute Gasteiger partial charge is 0.264 e. The van der Waals surface area contributed by atoms with Crippen molar-refractivity contribution in [3.05, 3.63) is 60.2 Å². The first-order valence-electron chi connectivity index (χ1n) is 7.85. The number of hydrogen-bond donors (Lipinski definition) is 1. The minimum Gasteiger partial charge on any atom is -0.383 e. The highest BCUT2D eigenvalue weighted by Gasteiger charge is 2.27. The van der Waals surface area contributed by atoms with Gasteiger partial charge in [0.05, 0.1) is 17.2 Å². The second-order valence-electron chi connectivity index (χ2n) is 5.51. The van der Waals surface area contributed by atoms with E-state index in [2.05, 4.69) is 5.32 Å². The third kappa shape index (κ3) is 5.04. The van der Waals surface area contributed by atoms with Crippen LogP contribution in [0.5, 0.6) is 0 Å². The van der Waals surface area contributed by atoms with Crippen LogP contribution < -0.4 is 9.62 Å². The number of anilines is 1. The lowest BCUT2D eigenvalue weighted by atomic mass is 10.2. The second-order valence-corrected chi connectivity index (χ2v) is 7.37. The number of nitrogens with one attached hydrogen (secondary N) is 1. The summed E-state index contributed by atoms with van der Waals surface area (Å²) in [7, 11) is -2.33. The summed E-state index contributed by atoms with van der Waals surface area (Å²) in [6.45, 7) is 2.21. The molecule has 1 N–H and O–H groups in total. The van der Waals surface area contributed by atoms with Gasteiger partial charge in [-0.3, -0.25) is 9.10 Å². The van der Waals surface area contributed by atoms with Gasteiger partial charge in [0.2, 0.25) is 5.91 Å². The van der Waals surface area contributed by atoms with E-state index in [9.17, 15) is 13.2 Å². The van der Waals surface area contributed by atoms with Gasteiger partial charge in [0, 0.05) is 13.7 Å². The summed E-state index contributed by atoms with van der Waals surface area (Å²) in [5.74, 6) is -0.392. The largest absolute Gasteiger partial charge is 0.383 e. The van der Waals surface area contributed by atoms with Crippen molar-refractivity contribution in [1.29, 1.82) is 0 Å². The number of benzene rings is 2. The van der Waals surface area contributed by atoms with Gasteiger partial charge in [-0.1, -0.05) is 30.3 Å². The number of aryl methyl sites for hydroxylation is 1. The van der Waals surface area contributed by atoms with E-state index in [1.54, 1.807) is 42.5 Å². The molecule has 6 nitrogen and oxygen atoms in total. The molecule has 0 saturated heterocycles. The topological polar surface area (TPSA) is 75.7 Å². The molecule has 25 heavy (non-hydrogen) atoms. The minimum absolute atomic E-state index is 0.154. The molecule has 134 valence electrons. The molecule has 0 heterocycles. The molecule has 0 atom stereocenters. The first-order chi connectivity index (χ1) is 11.9. The van der Waals surface area contributed by atoms with E-state index >= 15 is 0 Å². The van der Waals surface area contributed by atoms with Gasteiger partial charge in [-0.25, -0.2) is 8.42 Å². The molecular formula is C18H22N2O4S. The zero-order valence-corrected chi connectivity index (χ0v) is 15.1. The van der Waals surface area contributed by atoms with Gasteiger partial charge in [0.25, 0.3) is 10.0 Å². The Morgan fingerprint density at radius 2 is 1.84 bits per heavy atom. The highest BCUT2D eigenvalue weighted by Crippen LogP contribution is 2.23. The van der Waals surface area contributed by atoms with Crippen LogP contribution in [0.25, 0.3) is 0 Å². The molecule has 0 saturated carbocycles. The predicted molar refractivity (Wildman–Crippen MR) is 97.0 cm³/mol. The average Bonchev–Trinajstić information content (AvgIpc) is 2.60. The molecule has 7 heteroatoms. The standard InChI is InChI=1S/C18H22N2O4S/c1-15-7-6-10-17(13-15)25(22,23)20(16-8-4-3-5-9-16)14-18(21)19-11-12-24-2/h3-10,13H,11-12,14H2,1-2H3,(H,19,21). The maximum atomic E-state index is 13.1. The zero-order chi connectivity index (χ0) is 18.3. The summed E-state index contributed by atoms with van der Waals surface area (Å²) in [5, 5.41) is 2.65. The molecule has 2 rings (SSSR count). The van der Waals surface area contributed by atoms with Crippen molar-refractivity contribution in [2.45, 2.75) is 11.8 Å². The molecule has 2 aromatic carbocycles. The lowest BCUT2D eigenvalue weighted by Gasteiger charge is -2.24. The van der Waals surface area contributed by atoms with E-state index in [4.69, 9.17) is 4.74 Å². The normalized spacial score (nSPS) is 11.1. The Balaban J connectivity index is 2.33. The van der Waals surface area contributed by atoms with Crippen molar-refractivity contribution < 1.29 is 17.9 Å². The molecule has 0 fully saturated rings. The van der Waals surface area contributed by atoms with Gasteiger partial charge in [0.1, 0.15) is 6.54 Å². The maximum absolute atomic E-state index is 13.1. The number of carbonyl (C=O) groups excluding carboxylic acids is 1. The Morgan fingerprint density at radius 1 is 1.12 bits per heavy atom. The van der Waals surface area contributed by atoms with Crippen LogP contribution in [0.15, 0.2) is 59.5 Å². The quantitative estimate of drug-likeness (QED) is 0.729. The fourth-order valence-electron chi connectivity index (χ4n) is 2.29. The van der Waals surface area contributed by atoms with Gasteiger partial charge in [-0.15, -0.1) is 0 Å². The van der Waals surface area contributed by atoms with Gasteiger partial charge in [0.15, 0.2) is 0 Å². The van der Waals surface area contributed by atoms with Gasteiger partial charge in [-0.2, -0.15) is 0 Å². The first kappa shape index (κ1) is 19.0. The summed E-state index contributed by atoms with van der Waals surface area (Å²) >= 11 is 0. The Hall–Kier alpha value is -2.38. The maximum Gasteiger partial charge on any atom is 0.264 e. The third-order valence-electron chi connectivity index (χ3n) is 3.54. The van der Waals surface area contributed by atoms with Crippen LogP contribution in [-0.2, 0) is 19.6 Å². The third-order valence-corrected chi connectivity index (χ3v) is 5.31. The molecule has 0 aromatic heterocycles. The molecule has 0 radical (unpaired) electrons. The molecule has 1 amide bonds. The van der Waals surface area contributed by atoms with E-state index in [-0.39, 0.29) is 11.4 Å². The number of carbonyl (C=O) groups is 1. The number of para-hydroxylation sites is 1. The number of hydrogen-bond acceptors (Lipinski definition) is 4. The predicted octanol–water partition coefficient (Wildman–Crippen LogP) is 1.95.